The van der Waals surface area contributed by atoms with Crippen molar-refractivity contribution in [3.05, 3.63) is 29.3 Å². The fraction of sp³-hybridized carbons (Fsp3) is 0.438. The van der Waals surface area contributed by atoms with Crippen LogP contribution in [-0.2, 0) is 16.0 Å². The summed E-state index contributed by atoms with van der Waals surface area (Å²) in [5, 5.41) is 6.96. The number of rotatable bonds is 3. The minimum Gasteiger partial charge on any atom is -0.460 e. The van der Waals surface area contributed by atoms with Gasteiger partial charge < -0.3 is 9.47 Å². The summed E-state index contributed by atoms with van der Waals surface area (Å²) in [6.07, 6.45) is -0.0931. The molecule has 0 amide bonds. The Bertz CT molecular complexity index is 672. The van der Waals surface area contributed by atoms with E-state index in [0.29, 0.717) is 16.9 Å². The van der Waals surface area contributed by atoms with Crippen molar-refractivity contribution in [3.8, 4) is 11.8 Å². The molecule has 0 radical (unpaired) electrons. The standard InChI is InChI=1S/C16H16ClNO4/c1-15(2,3)22-14(20)16(17)9-11-8-10(12(19)6-7-18)4-5-13(11)21-16/h4-5,8H,6,9H2,1-3H3. The number of Topliss-reactive ketones (excluding diaryl/α,β-unsaturated/α-hetero) is 1. The molecule has 6 heteroatoms. The van der Waals surface area contributed by atoms with Gasteiger partial charge in [-0.15, -0.1) is 0 Å². The average molecular weight is 322 g/mol. The lowest BCUT2D eigenvalue weighted by Crippen LogP contribution is -2.42. The molecule has 0 aliphatic carbocycles. The van der Waals surface area contributed by atoms with Crippen molar-refractivity contribution in [2.45, 2.75) is 44.3 Å². The third-order valence-corrected chi connectivity index (χ3v) is 3.38. The zero-order valence-electron chi connectivity index (χ0n) is 12.6. The van der Waals surface area contributed by atoms with Crippen LogP contribution in [0.1, 0.15) is 43.1 Å². The zero-order chi connectivity index (χ0) is 16.5. The Hall–Kier alpha value is -2.06. The number of hydrogen-bond donors (Lipinski definition) is 0. The van der Waals surface area contributed by atoms with Gasteiger partial charge in [-0.3, -0.25) is 4.79 Å². The number of nitrogens with zero attached hydrogens (tertiary/aromatic N) is 1. The highest BCUT2D eigenvalue weighted by molar-refractivity contribution is 6.33. The van der Waals surface area contributed by atoms with Gasteiger partial charge in [-0.05, 0) is 39.0 Å². The molecule has 5 nitrogen and oxygen atoms in total. The fourth-order valence-corrected chi connectivity index (χ4v) is 2.35. The molecule has 1 aromatic rings. The van der Waals surface area contributed by atoms with Gasteiger partial charge in [0.25, 0.3) is 5.06 Å². The maximum absolute atomic E-state index is 12.2. The number of carbonyl (C=O) groups excluding carboxylic acids is 2. The molecule has 2 rings (SSSR count). The van der Waals surface area contributed by atoms with Gasteiger partial charge >= 0.3 is 5.97 Å². The second kappa shape index (κ2) is 5.62. The number of carbonyl (C=O) groups is 2. The molecule has 0 bridgehead atoms. The maximum atomic E-state index is 12.2. The monoisotopic (exact) mass is 321 g/mol. The van der Waals surface area contributed by atoms with Gasteiger partial charge in [0, 0.05) is 17.5 Å². The van der Waals surface area contributed by atoms with Crippen molar-refractivity contribution in [3.63, 3.8) is 0 Å². The van der Waals surface area contributed by atoms with E-state index in [1.807, 2.05) is 6.07 Å². The first-order chi connectivity index (χ1) is 10.1. The van der Waals surface area contributed by atoms with Crippen molar-refractivity contribution in [1.29, 1.82) is 5.26 Å². The summed E-state index contributed by atoms with van der Waals surface area (Å²) in [5.41, 5.74) is 0.365. The lowest BCUT2D eigenvalue weighted by molar-refractivity contribution is -0.165. The third kappa shape index (κ3) is 3.40. The number of benzene rings is 1. The first-order valence-electron chi connectivity index (χ1n) is 6.79. The van der Waals surface area contributed by atoms with Crippen molar-refractivity contribution in [2.24, 2.45) is 0 Å². The molecular weight excluding hydrogens is 306 g/mol. The normalized spacial score (nSPS) is 19.8. The highest BCUT2D eigenvalue weighted by Gasteiger charge is 2.47. The van der Waals surface area contributed by atoms with Gasteiger partial charge in [-0.2, -0.15) is 5.26 Å². The van der Waals surface area contributed by atoms with E-state index in [2.05, 4.69) is 0 Å². The van der Waals surface area contributed by atoms with E-state index in [0.717, 1.165) is 0 Å². The number of hydrogen-bond acceptors (Lipinski definition) is 5. The van der Waals surface area contributed by atoms with Crippen molar-refractivity contribution in [1.82, 2.24) is 0 Å². The molecule has 1 aliphatic rings. The topological polar surface area (TPSA) is 76.4 Å². The van der Waals surface area contributed by atoms with Crippen molar-refractivity contribution in [2.75, 3.05) is 0 Å². The second-order valence-electron chi connectivity index (χ2n) is 6.09. The number of alkyl halides is 1. The molecule has 0 spiro atoms. The maximum Gasteiger partial charge on any atom is 0.367 e. The molecule has 0 aromatic heterocycles. The number of nitriles is 1. The molecular formula is C16H16ClNO4. The van der Waals surface area contributed by atoms with Gasteiger partial charge in [0.05, 0.1) is 12.5 Å². The smallest absolute Gasteiger partial charge is 0.367 e. The number of ketones is 1. The summed E-state index contributed by atoms with van der Waals surface area (Å²) in [7, 11) is 0. The van der Waals surface area contributed by atoms with Gasteiger partial charge in [0.1, 0.15) is 11.4 Å². The highest BCUT2D eigenvalue weighted by atomic mass is 35.5. The summed E-state index contributed by atoms with van der Waals surface area (Å²) < 4.78 is 10.8. The lowest BCUT2D eigenvalue weighted by atomic mass is 10.0. The summed E-state index contributed by atoms with van der Waals surface area (Å²) in [5.74, 6) is -0.508. The SMILES string of the molecule is CC(C)(C)OC(=O)C1(Cl)Cc2cc(C(=O)CC#N)ccc2O1. The molecule has 0 saturated carbocycles. The fourth-order valence-electron chi connectivity index (χ4n) is 2.09. The Balaban J connectivity index is 2.21. The summed E-state index contributed by atoms with van der Waals surface area (Å²) >= 11 is 6.25. The second-order valence-corrected chi connectivity index (χ2v) is 6.70. The molecule has 0 saturated heterocycles. The van der Waals surface area contributed by atoms with Crippen LogP contribution in [0.25, 0.3) is 0 Å². The molecule has 116 valence electrons. The number of ether oxygens (including phenoxy) is 2. The van der Waals surface area contributed by atoms with Crippen LogP contribution in [0.5, 0.6) is 5.75 Å². The van der Waals surface area contributed by atoms with Crippen LogP contribution < -0.4 is 4.74 Å². The Morgan fingerprint density at radius 3 is 2.73 bits per heavy atom. The van der Waals surface area contributed by atoms with E-state index in [-0.39, 0.29) is 18.6 Å². The minimum absolute atomic E-state index is 0.104. The van der Waals surface area contributed by atoms with Crippen LogP contribution in [0.4, 0.5) is 0 Å². The number of fused-ring (bicyclic) bond motifs is 1. The summed E-state index contributed by atoms with van der Waals surface area (Å²) in [6, 6.07) is 6.54. The molecule has 0 fully saturated rings. The predicted molar refractivity (Wildman–Crippen MR) is 79.8 cm³/mol. The number of halogens is 1. The lowest BCUT2D eigenvalue weighted by Gasteiger charge is -2.26. The van der Waals surface area contributed by atoms with Crippen molar-refractivity contribution < 1.29 is 19.1 Å². The molecule has 1 aliphatic heterocycles. The van der Waals surface area contributed by atoms with E-state index in [1.165, 1.54) is 0 Å². The van der Waals surface area contributed by atoms with Crippen LogP contribution in [-0.4, -0.2) is 22.4 Å². The molecule has 0 N–H and O–H groups in total. The Morgan fingerprint density at radius 2 is 2.14 bits per heavy atom. The van der Waals surface area contributed by atoms with E-state index in [9.17, 15) is 9.59 Å². The molecule has 1 unspecified atom stereocenters. The van der Waals surface area contributed by atoms with Crippen LogP contribution in [0, 0.1) is 11.3 Å². The van der Waals surface area contributed by atoms with Crippen molar-refractivity contribution >= 4 is 23.4 Å². The molecule has 1 aromatic carbocycles. The van der Waals surface area contributed by atoms with Gasteiger partial charge in [-0.25, -0.2) is 4.79 Å². The van der Waals surface area contributed by atoms with E-state index in [1.54, 1.807) is 39.0 Å². The van der Waals surface area contributed by atoms with Crippen LogP contribution in [0.3, 0.4) is 0 Å². The van der Waals surface area contributed by atoms with Gasteiger partial charge in [0.2, 0.25) is 0 Å². The third-order valence-electron chi connectivity index (χ3n) is 3.02. The molecule has 1 heterocycles. The minimum atomic E-state index is -1.62. The van der Waals surface area contributed by atoms with E-state index < -0.39 is 16.6 Å². The van der Waals surface area contributed by atoms with Crippen LogP contribution >= 0.6 is 11.6 Å². The van der Waals surface area contributed by atoms with E-state index in [4.69, 9.17) is 26.3 Å². The molecule has 1 atom stereocenters. The highest BCUT2D eigenvalue weighted by Crippen LogP contribution is 2.39. The number of esters is 1. The Labute approximate surface area is 133 Å². The Morgan fingerprint density at radius 1 is 1.45 bits per heavy atom. The first-order valence-corrected chi connectivity index (χ1v) is 7.17. The average Bonchev–Trinajstić information content (AvgIpc) is 2.73. The van der Waals surface area contributed by atoms with Crippen LogP contribution in [0.15, 0.2) is 18.2 Å². The van der Waals surface area contributed by atoms with E-state index >= 15 is 0 Å². The molecule has 22 heavy (non-hydrogen) atoms. The van der Waals surface area contributed by atoms with Gasteiger partial charge in [0.15, 0.2) is 5.78 Å². The quantitative estimate of drug-likeness (QED) is 0.486. The zero-order valence-corrected chi connectivity index (χ0v) is 13.4. The van der Waals surface area contributed by atoms with Crippen LogP contribution in [0.2, 0.25) is 0 Å². The summed E-state index contributed by atoms with van der Waals surface area (Å²) in [4.78, 5) is 23.9. The Kier molecular flexibility index (Phi) is 4.17. The van der Waals surface area contributed by atoms with Gasteiger partial charge in [-0.1, -0.05) is 11.6 Å². The largest absolute Gasteiger partial charge is 0.460 e. The first kappa shape index (κ1) is 16.3. The summed E-state index contributed by atoms with van der Waals surface area (Å²) in [6.45, 7) is 5.23. The predicted octanol–water partition coefficient (Wildman–Crippen LogP) is 2.99.